The molecule has 4 heteroatoms. The van der Waals surface area contributed by atoms with Gasteiger partial charge in [0.2, 0.25) is 0 Å². The van der Waals surface area contributed by atoms with Crippen molar-refractivity contribution in [2.24, 2.45) is 10.4 Å². The molecule has 1 N–H and O–H groups in total. The van der Waals surface area contributed by atoms with Crippen LogP contribution in [0.2, 0.25) is 0 Å². The van der Waals surface area contributed by atoms with Gasteiger partial charge < -0.3 is 0 Å². The number of rotatable bonds is 2. The molecule has 0 atom stereocenters. The standard InChI is InChI=1S/C3H5N4/c1-3-5-7-6-4-2/h2-3H,1H2,(H,5,6)/q+1. The molecule has 0 amide bonds. The van der Waals surface area contributed by atoms with Crippen molar-refractivity contribution in [3.8, 4) is 6.57 Å². The number of nitrogens with zero attached hydrogens (tertiary/aromatic N) is 3. The summed E-state index contributed by atoms with van der Waals surface area (Å²) in [5.74, 6) is 0. The summed E-state index contributed by atoms with van der Waals surface area (Å²) in [6.45, 7) is 7.84. The number of nitrogens with one attached hydrogen (secondary N) is 1. The highest BCUT2D eigenvalue weighted by Gasteiger charge is 1.71. The van der Waals surface area contributed by atoms with Crippen molar-refractivity contribution in [1.29, 1.82) is 0 Å². The number of hydrogen-bond donors (Lipinski definition) is 1. The topological polar surface area (TPSA) is 41.1 Å². The van der Waals surface area contributed by atoms with Crippen LogP contribution in [0.4, 0.5) is 0 Å². The minimum absolute atomic E-state index is 1.36. The molecule has 0 aromatic carbocycles. The first-order valence-electron chi connectivity index (χ1n) is 1.58. The Morgan fingerprint density at radius 3 is 3.00 bits per heavy atom. The minimum atomic E-state index is 1.36. The highest BCUT2D eigenvalue weighted by molar-refractivity contribution is 4.57. The third kappa shape index (κ3) is 4.63. The van der Waals surface area contributed by atoms with Crippen LogP contribution in [0.5, 0.6) is 0 Å². The lowest BCUT2D eigenvalue weighted by Gasteiger charge is -1.63. The zero-order valence-electron chi connectivity index (χ0n) is 3.70. The fourth-order valence-electron chi connectivity index (χ4n) is 0.0925. The SMILES string of the molecule is C#[N+]N=NNC=C. The molecule has 0 aromatic rings. The molecule has 0 aliphatic rings. The predicted molar refractivity (Wildman–Crippen MR) is 26.5 cm³/mol. The molecular weight excluding hydrogens is 92.1 g/mol. The van der Waals surface area contributed by atoms with Crippen LogP contribution in [0.1, 0.15) is 0 Å². The van der Waals surface area contributed by atoms with Crippen molar-refractivity contribution in [2.75, 3.05) is 0 Å². The van der Waals surface area contributed by atoms with E-state index in [9.17, 15) is 0 Å². The van der Waals surface area contributed by atoms with Gasteiger partial charge in [-0.1, -0.05) is 6.58 Å². The van der Waals surface area contributed by atoms with Crippen molar-refractivity contribution in [1.82, 2.24) is 5.43 Å². The van der Waals surface area contributed by atoms with Gasteiger partial charge in [-0.25, -0.2) is 0 Å². The number of hydrogen-bond acceptors (Lipinski definition) is 2. The Morgan fingerprint density at radius 2 is 2.57 bits per heavy atom. The third-order valence-corrected chi connectivity index (χ3v) is 0.245. The molecule has 7 heavy (non-hydrogen) atoms. The van der Waals surface area contributed by atoms with Crippen LogP contribution in [0.3, 0.4) is 0 Å². The molecule has 0 radical (unpaired) electrons. The van der Waals surface area contributed by atoms with E-state index in [0.29, 0.717) is 0 Å². The first-order chi connectivity index (χ1) is 3.41. The van der Waals surface area contributed by atoms with Gasteiger partial charge >= 0.3 is 0 Å². The molecule has 0 spiro atoms. The zero-order chi connectivity index (χ0) is 5.54. The van der Waals surface area contributed by atoms with Gasteiger partial charge in [-0.05, 0) is 4.95 Å². The molecule has 0 rings (SSSR count). The van der Waals surface area contributed by atoms with E-state index < -0.39 is 0 Å². The highest BCUT2D eigenvalue weighted by Crippen LogP contribution is 1.66. The quantitative estimate of drug-likeness (QED) is 0.404. The minimum Gasteiger partial charge on any atom is -0.170 e. The lowest BCUT2D eigenvalue weighted by molar-refractivity contribution is 0.871. The summed E-state index contributed by atoms with van der Waals surface area (Å²) in [7, 11) is 0. The van der Waals surface area contributed by atoms with Gasteiger partial charge in [0, 0.05) is 6.20 Å². The van der Waals surface area contributed by atoms with Gasteiger partial charge in [0.05, 0.1) is 0 Å². The van der Waals surface area contributed by atoms with E-state index in [1.54, 1.807) is 0 Å². The van der Waals surface area contributed by atoms with E-state index in [1.807, 2.05) is 0 Å². The summed E-state index contributed by atoms with van der Waals surface area (Å²) in [6, 6.07) is 0. The molecule has 0 saturated carbocycles. The Balaban J connectivity index is 3.14. The maximum Gasteiger partial charge on any atom is 0.275 e. The van der Waals surface area contributed by atoms with Crippen LogP contribution < -0.4 is 5.43 Å². The smallest absolute Gasteiger partial charge is 0.170 e. The molecule has 0 saturated heterocycles. The van der Waals surface area contributed by atoms with E-state index in [-0.39, 0.29) is 0 Å². The Labute approximate surface area is 41.3 Å². The van der Waals surface area contributed by atoms with Gasteiger partial charge in [-0.15, -0.1) is 0 Å². The molecule has 4 nitrogen and oxygen atoms in total. The van der Waals surface area contributed by atoms with Crippen LogP contribution in [-0.2, 0) is 0 Å². The van der Waals surface area contributed by atoms with Crippen molar-refractivity contribution >= 4 is 0 Å². The van der Waals surface area contributed by atoms with Crippen molar-refractivity contribution < 1.29 is 0 Å². The fourth-order valence-corrected chi connectivity index (χ4v) is 0.0925. The predicted octanol–water partition coefficient (Wildman–Crippen LogP) is 0.964. The molecule has 0 fully saturated rings. The van der Waals surface area contributed by atoms with Crippen LogP contribution in [0.15, 0.2) is 23.2 Å². The second-order valence-electron chi connectivity index (χ2n) is 0.638. The average Bonchev–Trinajstić information content (AvgIpc) is 1.69. The molecular formula is C3H5N4+. The van der Waals surface area contributed by atoms with Gasteiger partial charge in [0.15, 0.2) is 11.8 Å². The Bertz CT molecular complexity index is 109. The third-order valence-electron chi connectivity index (χ3n) is 0.245. The Hall–Kier alpha value is -1.37. The van der Waals surface area contributed by atoms with E-state index in [2.05, 4.69) is 34.0 Å². The molecule has 0 heterocycles. The summed E-state index contributed by atoms with van der Waals surface area (Å²) >= 11 is 0. The van der Waals surface area contributed by atoms with Crippen LogP contribution >= 0.6 is 0 Å². The van der Waals surface area contributed by atoms with E-state index in [0.717, 1.165) is 0 Å². The second-order valence-corrected chi connectivity index (χ2v) is 0.638. The Morgan fingerprint density at radius 1 is 1.86 bits per heavy atom. The zero-order valence-corrected chi connectivity index (χ0v) is 3.70. The lowest BCUT2D eigenvalue weighted by Crippen LogP contribution is -1.86. The molecule has 0 unspecified atom stereocenters. The van der Waals surface area contributed by atoms with Crippen LogP contribution in [-0.4, -0.2) is 0 Å². The molecule has 0 aromatic heterocycles. The summed E-state index contributed by atoms with van der Waals surface area (Å²) in [6.07, 6.45) is 1.36. The van der Waals surface area contributed by atoms with Gasteiger partial charge in [0.1, 0.15) is 0 Å². The summed E-state index contributed by atoms with van der Waals surface area (Å²) in [5, 5.41) is 6.18. The molecule has 36 valence electrons. The van der Waals surface area contributed by atoms with Crippen molar-refractivity contribution in [3.63, 3.8) is 0 Å². The van der Waals surface area contributed by atoms with Gasteiger partial charge in [-0.3, -0.25) is 0 Å². The van der Waals surface area contributed by atoms with E-state index >= 15 is 0 Å². The van der Waals surface area contributed by atoms with E-state index in [4.69, 9.17) is 0 Å². The summed E-state index contributed by atoms with van der Waals surface area (Å²) < 4.78 is 0. The second kappa shape index (κ2) is 4.63. The summed E-state index contributed by atoms with van der Waals surface area (Å²) in [4.78, 5) is 2.82. The fraction of sp³-hybridized carbons (Fsp3) is 0. The normalized spacial score (nSPS) is 7.86. The maximum absolute atomic E-state index is 4.56. The van der Waals surface area contributed by atoms with Crippen molar-refractivity contribution in [3.05, 3.63) is 17.7 Å². The average molecular weight is 97.1 g/mol. The van der Waals surface area contributed by atoms with Crippen LogP contribution in [0.25, 0.3) is 4.95 Å². The van der Waals surface area contributed by atoms with E-state index in [1.165, 1.54) is 6.20 Å². The maximum atomic E-state index is 4.56. The lowest BCUT2D eigenvalue weighted by atomic mass is 11.1. The van der Waals surface area contributed by atoms with Gasteiger partial charge in [-0.2, -0.15) is 5.43 Å². The molecule has 0 bridgehead atoms. The van der Waals surface area contributed by atoms with Gasteiger partial charge in [0.25, 0.3) is 5.22 Å². The summed E-state index contributed by atoms with van der Waals surface area (Å²) in [5.41, 5.74) is 2.30. The van der Waals surface area contributed by atoms with Crippen LogP contribution in [0, 0.1) is 6.57 Å². The largest absolute Gasteiger partial charge is 0.275 e. The Kier molecular flexibility index (Phi) is 3.72. The molecule has 0 aliphatic heterocycles. The first-order valence-corrected chi connectivity index (χ1v) is 1.58. The molecule has 0 aliphatic carbocycles. The monoisotopic (exact) mass is 97.1 g/mol. The van der Waals surface area contributed by atoms with Crippen molar-refractivity contribution in [2.45, 2.75) is 0 Å². The highest BCUT2D eigenvalue weighted by atomic mass is 15.5. The first kappa shape index (κ1) is 5.63.